The summed E-state index contributed by atoms with van der Waals surface area (Å²) in [6, 6.07) is 5.70. The number of halogens is 2. The zero-order valence-electron chi connectivity index (χ0n) is 14.6. The lowest BCUT2D eigenvalue weighted by Gasteiger charge is -2.43. The van der Waals surface area contributed by atoms with Gasteiger partial charge in [-0.05, 0) is 64.3 Å². The number of likely N-dealkylation sites (tertiary alicyclic amines) is 1. The molecule has 0 saturated carbocycles. The summed E-state index contributed by atoms with van der Waals surface area (Å²) in [5.74, 6) is 0. The molecule has 2 rings (SSSR count). The second-order valence-corrected chi connectivity index (χ2v) is 8.27. The fraction of sp³-hybridized carbons (Fsp3) is 0.611. The van der Waals surface area contributed by atoms with Crippen LogP contribution in [0.1, 0.15) is 45.6 Å². The van der Waals surface area contributed by atoms with Crippen molar-refractivity contribution >= 4 is 29.3 Å². The van der Waals surface area contributed by atoms with Crippen molar-refractivity contribution in [2.24, 2.45) is 5.73 Å². The van der Waals surface area contributed by atoms with Crippen LogP contribution in [0.4, 0.5) is 4.79 Å². The topological polar surface area (TPSA) is 55.6 Å². The van der Waals surface area contributed by atoms with E-state index in [1.165, 1.54) is 0 Å². The molecule has 0 aromatic heterocycles. The molecule has 0 aliphatic carbocycles. The smallest absolute Gasteiger partial charge is 0.410 e. The van der Waals surface area contributed by atoms with Gasteiger partial charge < -0.3 is 15.4 Å². The molecule has 2 N–H and O–H groups in total. The summed E-state index contributed by atoms with van der Waals surface area (Å²) >= 11 is 12.3. The molecule has 1 atom stereocenters. The van der Waals surface area contributed by atoms with Gasteiger partial charge in [-0.1, -0.05) is 29.3 Å². The fourth-order valence-electron chi connectivity index (χ4n) is 3.30. The summed E-state index contributed by atoms with van der Waals surface area (Å²) in [5.41, 5.74) is 6.24. The van der Waals surface area contributed by atoms with Crippen molar-refractivity contribution in [3.05, 3.63) is 33.8 Å². The highest BCUT2D eigenvalue weighted by Crippen LogP contribution is 2.39. The number of piperidine rings is 1. The number of ether oxygens (including phenoxy) is 1. The van der Waals surface area contributed by atoms with Crippen LogP contribution in [0.3, 0.4) is 0 Å². The third-order valence-electron chi connectivity index (χ3n) is 4.38. The van der Waals surface area contributed by atoms with Crippen LogP contribution in [0, 0.1) is 0 Å². The third kappa shape index (κ3) is 4.56. The Morgan fingerprint density at radius 1 is 1.33 bits per heavy atom. The summed E-state index contributed by atoms with van der Waals surface area (Å²) in [5, 5.41) is 1.06. The predicted molar refractivity (Wildman–Crippen MR) is 98.9 cm³/mol. The highest BCUT2D eigenvalue weighted by molar-refractivity contribution is 6.42. The lowest BCUT2D eigenvalue weighted by atomic mass is 9.72. The van der Waals surface area contributed by atoms with E-state index in [4.69, 9.17) is 33.7 Å². The second-order valence-electron chi connectivity index (χ2n) is 7.45. The van der Waals surface area contributed by atoms with Crippen molar-refractivity contribution < 1.29 is 9.53 Å². The van der Waals surface area contributed by atoms with Gasteiger partial charge in [0.1, 0.15) is 5.60 Å². The highest BCUT2D eigenvalue weighted by Gasteiger charge is 2.39. The molecule has 1 aromatic rings. The van der Waals surface area contributed by atoms with Gasteiger partial charge in [0.05, 0.1) is 10.0 Å². The van der Waals surface area contributed by atoms with E-state index in [0.29, 0.717) is 29.7 Å². The maximum Gasteiger partial charge on any atom is 0.410 e. The van der Waals surface area contributed by atoms with Crippen molar-refractivity contribution in [2.75, 3.05) is 19.6 Å². The number of amides is 1. The molecular formula is C18H26Cl2N2O2. The van der Waals surface area contributed by atoms with Gasteiger partial charge in [-0.2, -0.15) is 0 Å². The van der Waals surface area contributed by atoms with Gasteiger partial charge in [0.25, 0.3) is 0 Å². The number of rotatable bonds is 3. The summed E-state index contributed by atoms with van der Waals surface area (Å²) in [4.78, 5) is 14.3. The molecular weight excluding hydrogens is 347 g/mol. The first-order valence-electron chi connectivity index (χ1n) is 8.30. The molecule has 4 nitrogen and oxygen atoms in total. The molecule has 0 bridgehead atoms. The molecule has 1 heterocycles. The first kappa shape index (κ1) is 19.4. The molecule has 1 amide bonds. The lowest BCUT2D eigenvalue weighted by Crippen LogP contribution is -2.50. The van der Waals surface area contributed by atoms with Crippen LogP contribution in [-0.2, 0) is 10.2 Å². The van der Waals surface area contributed by atoms with Gasteiger partial charge >= 0.3 is 6.09 Å². The molecule has 1 aliphatic heterocycles. The zero-order chi connectivity index (χ0) is 18.0. The van der Waals surface area contributed by atoms with E-state index in [1.54, 1.807) is 4.90 Å². The van der Waals surface area contributed by atoms with E-state index in [-0.39, 0.29) is 11.5 Å². The molecule has 1 fully saturated rings. The fourth-order valence-corrected chi connectivity index (χ4v) is 3.60. The number of hydrogen-bond donors (Lipinski definition) is 1. The van der Waals surface area contributed by atoms with Crippen molar-refractivity contribution in [1.29, 1.82) is 0 Å². The van der Waals surface area contributed by atoms with Crippen molar-refractivity contribution in [3.63, 3.8) is 0 Å². The van der Waals surface area contributed by atoms with Crippen LogP contribution in [0.2, 0.25) is 10.0 Å². The molecule has 0 spiro atoms. The standard InChI is InChI=1S/C18H26Cl2N2O2/c1-17(2,3)24-16(23)22-10-4-7-18(12-22,8-9-21)13-5-6-14(19)15(20)11-13/h5-6,11H,4,7-10,12,21H2,1-3H3/t18-/m1/s1. The number of nitrogens with two attached hydrogens (primary N) is 1. The Morgan fingerprint density at radius 2 is 2.04 bits per heavy atom. The summed E-state index contributed by atoms with van der Waals surface area (Å²) in [6.07, 6.45) is 2.37. The first-order valence-corrected chi connectivity index (χ1v) is 9.06. The first-order chi connectivity index (χ1) is 11.2. The Labute approximate surface area is 154 Å². The minimum atomic E-state index is -0.505. The van der Waals surface area contributed by atoms with Gasteiger partial charge in [0, 0.05) is 18.5 Å². The van der Waals surface area contributed by atoms with E-state index in [9.17, 15) is 4.79 Å². The zero-order valence-corrected chi connectivity index (χ0v) is 16.1. The summed E-state index contributed by atoms with van der Waals surface area (Å²) in [6.45, 7) is 7.45. The van der Waals surface area contributed by atoms with Crippen molar-refractivity contribution in [2.45, 2.75) is 51.0 Å². The largest absolute Gasteiger partial charge is 0.444 e. The van der Waals surface area contributed by atoms with E-state index < -0.39 is 5.60 Å². The quantitative estimate of drug-likeness (QED) is 0.842. The van der Waals surface area contributed by atoms with Gasteiger partial charge in [-0.3, -0.25) is 0 Å². The molecule has 1 aromatic carbocycles. The lowest BCUT2D eigenvalue weighted by molar-refractivity contribution is 0.0128. The van der Waals surface area contributed by atoms with Gasteiger partial charge in [-0.25, -0.2) is 4.79 Å². The Morgan fingerprint density at radius 3 is 2.62 bits per heavy atom. The number of carbonyl (C=O) groups is 1. The average Bonchev–Trinajstić information content (AvgIpc) is 2.49. The van der Waals surface area contributed by atoms with E-state index in [1.807, 2.05) is 39.0 Å². The monoisotopic (exact) mass is 372 g/mol. The average molecular weight is 373 g/mol. The molecule has 1 saturated heterocycles. The number of carbonyl (C=O) groups excluding carboxylic acids is 1. The SMILES string of the molecule is CC(C)(C)OC(=O)N1CCC[C@](CCN)(c2ccc(Cl)c(Cl)c2)C1. The maximum absolute atomic E-state index is 12.5. The van der Waals surface area contributed by atoms with E-state index >= 15 is 0 Å². The molecule has 0 unspecified atom stereocenters. The second kappa shape index (κ2) is 7.51. The van der Waals surface area contributed by atoms with Crippen molar-refractivity contribution in [3.8, 4) is 0 Å². The molecule has 6 heteroatoms. The van der Waals surface area contributed by atoms with Crippen LogP contribution >= 0.6 is 23.2 Å². The van der Waals surface area contributed by atoms with Gasteiger partial charge in [-0.15, -0.1) is 0 Å². The molecule has 0 radical (unpaired) electrons. The van der Waals surface area contributed by atoms with Gasteiger partial charge in [0.15, 0.2) is 0 Å². The van der Waals surface area contributed by atoms with Crippen LogP contribution in [0.5, 0.6) is 0 Å². The Hall–Kier alpha value is -0.970. The highest BCUT2D eigenvalue weighted by atomic mass is 35.5. The molecule has 1 aliphatic rings. The number of benzene rings is 1. The summed E-state index contributed by atoms with van der Waals surface area (Å²) < 4.78 is 5.54. The summed E-state index contributed by atoms with van der Waals surface area (Å²) in [7, 11) is 0. The molecule has 134 valence electrons. The minimum absolute atomic E-state index is 0.210. The van der Waals surface area contributed by atoms with E-state index in [0.717, 1.165) is 24.8 Å². The predicted octanol–water partition coefficient (Wildman–Crippen LogP) is 4.61. The Bertz CT molecular complexity index is 597. The normalized spacial score (nSPS) is 21.7. The number of nitrogens with zero attached hydrogens (tertiary/aromatic N) is 1. The van der Waals surface area contributed by atoms with Gasteiger partial charge in [0.2, 0.25) is 0 Å². The van der Waals surface area contributed by atoms with E-state index in [2.05, 4.69) is 0 Å². The number of hydrogen-bond acceptors (Lipinski definition) is 3. The van der Waals surface area contributed by atoms with Crippen LogP contribution < -0.4 is 5.73 Å². The maximum atomic E-state index is 12.5. The van der Waals surface area contributed by atoms with Crippen LogP contribution in [0.15, 0.2) is 18.2 Å². The Kier molecular flexibility index (Phi) is 6.05. The Balaban J connectivity index is 2.28. The minimum Gasteiger partial charge on any atom is -0.444 e. The van der Waals surface area contributed by atoms with Crippen LogP contribution in [-0.4, -0.2) is 36.2 Å². The molecule has 24 heavy (non-hydrogen) atoms. The third-order valence-corrected chi connectivity index (χ3v) is 5.12. The van der Waals surface area contributed by atoms with Crippen LogP contribution in [0.25, 0.3) is 0 Å². The van der Waals surface area contributed by atoms with Crippen molar-refractivity contribution in [1.82, 2.24) is 4.90 Å².